The van der Waals surface area contributed by atoms with E-state index in [1.165, 1.54) is 16.7 Å². The van der Waals surface area contributed by atoms with E-state index in [2.05, 4.69) is 11.9 Å². The monoisotopic (exact) mass is 387 g/mol. The predicted molar refractivity (Wildman–Crippen MR) is 106 cm³/mol. The van der Waals surface area contributed by atoms with Gasteiger partial charge in [-0.1, -0.05) is 0 Å². The number of hydrogen-bond donors (Lipinski definition) is 0. The molecule has 2 aliphatic rings. The van der Waals surface area contributed by atoms with Crippen LogP contribution in [0, 0.1) is 0 Å². The summed E-state index contributed by atoms with van der Waals surface area (Å²) in [6, 6.07) is 6.34. The summed E-state index contributed by atoms with van der Waals surface area (Å²) in [7, 11) is 7.08. The largest absolute Gasteiger partial charge is 0.493 e. The van der Waals surface area contributed by atoms with Crippen LogP contribution in [0.5, 0.6) is 23.0 Å². The molecule has 1 atom stereocenters. The van der Waals surface area contributed by atoms with Gasteiger partial charge in [-0.25, -0.2) is 4.39 Å². The molecule has 2 aromatic rings. The number of ether oxygens (including phenoxy) is 4. The second-order valence-corrected chi connectivity index (χ2v) is 7.21. The molecule has 0 saturated carbocycles. The lowest BCUT2D eigenvalue weighted by molar-refractivity contribution is 0.224. The molecule has 0 fully saturated rings. The summed E-state index contributed by atoms with van der Waals surface area (Å²) in [5.74, 6) is 2.64. The Labute approximate surface area is 165 Å². The third-order valence-corrected chi connectivity index (χ3v) is 5.80. The van der Waals surface area contributed by atoms with Gasteiger partial charge < -0.3 is 18.9 Å². The van der Waals surface area contributed by atoms with Crippen LogP contribution in [-0.2, 0) is 12.8 Å². The molecule has 2 aromatic carbocycles. The van der Waals surface area contributed by atoms with Crippen LogP contribution in [0.2, 0.25) is 0 Å². The molecule has 0 bridgehead atoms. The summed E-state index contributed by atoms with van der Waals surface area (Å²) in [6.07, 6.45) is 1.81. The Kier molecular flexibility index (Phi) is 5.06. The molecular formula is C22H26FNO4. The van der Waals surface area contributed by atoms with E-state index in [9.17, 15) is 4.39 Å². The normalized spacial score (nSPS) is 17.5. The quantitative estimate of drug-likeness (QED) is 0.754. The molecule has 0 unspecified atom stereocenters. The summed E-state index contributed by atoms with van der Waals surface area (Å²) in [5, 5.41) is 0. The summed E-state index contributed by atoms with van der Waals surface area (Å²) in [5.41, 5.74) is 5.78. The Morgan fingerprint density at radius 3 is 2.39 bits per heavy atom. The Morgan fingerprint density at radius 1 is 1.00 bits per heavy atom. The van der Waals surface area contributed by atoms with Crippen molar-refractivity contribution in [3.05, 3.63) is 34.9 Å². The standard InChI is InChI=1S/C22H26FNO4/c1-24-7-5-13-10-19(28-8-6-23)22(27-4)21-15-12-18(26-3)17(25-2)11-14(15)9-16(24)20(13)21/h10-12,16H,5-9H2,1-4H3/t16-/m0/s1. The maximum Gasteiger partial charge on any atom is 0.168 e. The van der Waals surface area contributed by atoms with E-state index < -0.39 is 6.67 Å². The minimum Gasteiger partial charge on any atom is -0.493 e. The number of fused-ring (bicyclic) bond motifs is 2. The van der Waals surface area contributed by atoms with Crippen molar-refractivity contribution in [2.75, 3.05) is 48.2 Å². The number of benzene rings is 2. The zero-order valence-corrected chi connectivity index (χ0v) is 16.8. The molecule has 0 spiro atoms. The Hall–Kier alpha value is -2.47. The number of halogens is 1. The molecule has 6 heteroatoms. The smallest absolute Gasteiger partial charge is 0.168 e. The van der Waals surface area contributed by atoms with Gasteiger partial charge in [0.25, 0.3) is 0 Å². The highest BCUT2D eigenvalue weighted by Gasteiger charge is 2.37. The molecule has 1 aliphatic heterocycles. The van der Waals surface area contributed by atoms with E-state index in [1.807, 2.05) is 18.2 Å². The van der Waals surface area contributed by atoms with Gasteiger partial charge in [0.2, 0.25) is 0 Å². The van der Waals surface area contributed by atoms with Crippen LogP contribution in [0.3, 0.4) is 0 Å². The van der Waals surface area contributed by atoms with Crippen molar-refractivity contribution in [3.8, 4) is 34.1 Å². The first-order valence-corrected chi connectivity index (χ1v) is 9.50. The number of methoxy groups -OCH3 is 3. The van der Waals surface area contributed by atoms with Crippen LogP contribution < -0.4 is 18.9 Å². The van der Waals surface area contributed by atoms with Gasteiger partial charge in [-0.2, -0.15) is 0 Å². The molecule has 150 valence electrons. The van der Waals surface area contributed by atoms with Gasteiger partial charge in [-0.05, 0) is 60.3 Å². The highest BCUT2D eigenvalue weighted by atomic mass is 19.1. The van der Waals surface area contributed by atoms with Crippen LogP contribution in [0.4, 0.5) is 4.39 Å². The maximum atomic E-state index is 12.8. The van der Waals surface area contributed by atoms with E-state index in [1.54, 1.807) is 21.3 Å². The molecule has 28 heavy (non-hydrogen) atoms. The topological polar surface area (TPSA) is 40.2 Å². The highest BCUT2D eigenvalue weighted by Crippen LogP contribution is 2.53. The highest BCUT2D eigenvalue weighted by molar-refractivity contribution is 5.85. The SMILES string of the molecule is COc1cc2c(cc1OC)-c1c(OC)c(OCCF)cc3c1[C@H](C2)N(C)CC3. The van der Waals surface area contributed by atoms with E-state index in [0.717, 1.165) is 30.5 Å². The molecule has 0 aromatic heterocycles. The fraction of sp³-hybridized carbons (Fsp3) is 0.455. The van der Waals surface area contributed by atoms with Gasteiger partial charge in [0.15, 0.2) is 23.0 Å². The number of alkyl halides is 1. The zero-order chi connectivity index (χ0) is 19.8. The lowest BCUT2D eigenvalue weighted by atomic mass is 9.76. The second-order valence-electron chi connectivity index (χ2n) is 7.21. The van der Waals surface area contributed by atoms with Gasteiger partial charge in [0, 0.05) is 18.2 Å². The summed E-state index contributed by atoms with van der Waals surface area (Å²) < 4.78 is 35.4. The fourth-order valence-electron chi connectivity index (χ4n) is 4.48. The molecule has 0 saturated heterocycles. The van der Waals surface area contributed by atoms with Crippen LogP contribution in [-0.4, -0.2) is 53.1 Å². The summed E-state index contributed by atoms with van der Waals surface area (Å²) >= 11 is 0. The van der Waals surface area contributed by atoms with Crippen molar-refractivity contribution in [1.82, 2.24) is 4.90 Å². The zero-order valence-electron chi connectivity index (χ0n) is 16.8. The molecule has 4 rings (SSSR count). The van der Waals surface area contributed by atoms with Crippen molar-refractivity contribution in [3.63, 3.8) is 0 Å². The van der Waals surface area contributed by atoms with Gasteiger partial charge in [-0.3, -0.25) is 4.90 Å². The number of rotatable bonds is 6. The first-order valence-electron chi connectivity index (χ1n) is 9.50. The summed E-state index contributed by atoms with van der Waals surface area (Å²) in [6.45, 7) is 0.438. The Morgan fingerprint density at radius 2 is 1.71 bits per heavy atom. The lowest BCUT2D eigenvalue weighted by Gasteiger charge is -2.40. The van der Waals surface area contributed by atoms with Crippen molar-refractivity contribution in [2.45, 2.75) is 18.9 Å². The van der Waals surface area contributed by atoms with Gasteiger partial charge in [0.05, 0.1) is 21.3 Å². The Balaban J connectivity index is 2.01. The molecule has 5 nitrogen and oxygen atoms in total. The molecular weight excluding hydrogens is 361 g/mol. The van der Waals surface area contributed by atoms with Crippen molar-refractivity contribution < 1.29 is 23.3 Å². The minimum absolute atomic E-state index is 0.0106. The molecule has 1 heterocycles. The molecule has 0 N–H and O–H groups in total. The third-order valence-electron chi connectivity index (χ3n) is 5.80. The summed E-state index contributed by atoms with van der Waals surface area (Å²) in [4.78, 5) is 2.38. The van der Waals surface area contributed by atoms with Crippen LogP contribution in [0.15, 0.2) is 18.2 Å². The predicted octanol–water partition coefficient (Wildman–Crippen LogP) is 3.81. The van der Waals surface area contributed by atoms with Gasteiger partial charge in [-0.15, -0.1) is 0 Å². The number of hydrogen-bond acceptors (Lipinski definition) is 5. The first-order chi connectivity index (χ1) is 13.6. The average molecular weight is 387 g/mol. The van der Waals surface area contributed by atoms with Crippen LogP contribution in [0.25, 0.3) is 11.1 Å². The van der Waals surface area contributed by atoms with Crippen LogP contribution in [0.1, 0.15) is 22.7 Å². The van der Waals surface area contributed by atoms with E-state index >= 15 is 0 Å². The van der Waals surface area contributed by atoms with Crippen molar-refractivity contribution in [2.24, 2.45) is 0 Å². The van der Waals surface area contributed by atoms with Gasteiger partial charge in [0.1, 0.15) is 13.3 Å². The average Bonchev–Trinajstić information content (AvgIpc) is 2.73. The van der Waals surface area contributed by atoms with E-state index in [4.69, 9.17) is 18.9 Å². The lowest BCUT2D eigenvalue weighted by Crippen LogP contribution is -2.35. The van der Waals surface area contributed by atoms with Crippen LogP contribution >= 0.6 is 0 Å². The minimum atomic E-state index is -0.539. The van der Waals surface area contributed by atoms with Crippen molar-refractivity contribution >= 4 is 0 Å². The number of nitrogens with zero attached hydrogens (tertiary/aromatic N) is 1. The fourth-order valence-corrected chi connectivity index (χ4v) is 4.48. The first kappa shape index (κ1) is 18.9. The third kappa shape index (κ3) is 2.87. The maximum absolute atomic E-state index is 12.8. The van der Waals surface area contributed by atoms with E-state index in [0.29, 0.717) is 23.0 Å². The molecule has 0 radical (unpaired) electrons. The number of likely N-dealkylation sites (N-methyl/N-ethyl adjacent to an activating group) is 1. The second kappa shape index (κ2) is 7.51. The molecule has 0 amide bonds. The Bertz CT molecular complexity index is 899. The van der Waals surface area contributed by atoms with Gasteiger partial charge >= 0.3 is 0 Å². The molecule has 1 aliphatic carbocycles. The van der Waals surface area contributed by atoms with Crippen molar-refractivity contribution in [1.29, 1.82) is 0 Å². The van der Waals surface area contributed by atoms with E-state index in [-0.39, 0.29) is 12.6 Å².